The van der Waals surface area contributed by atoms with Gasteiger partial charge in [-0.15, -0.1) is 0 Å². The van der Waals surface area contributed by atoms with Crippen LogP contribution in [0.3, 0.4) is 0 Å². The maximum absolute atomic E-state index is 13.6. The number of halogens is 2. The molecule has 0 aliphatic rings. The smallest absolute Gasteiger partial charge is 0.257 e. The van der Waals surface area contributed by atoms with Crippen molar-refractivity contribution in [1.82, 2.24) is 4.98 Å². The second kappa shape index (κ2) is 7.23. The van der Waals surface area contributed by atoms with Gasteiger partial charge in [0.05, 0.1) is 11.3 Å². The minimum Gasteiger partial charge on any atom is -0.340 e. The summed E-state index contributed by atoms with van der Waals surface area (Å²) in [5.41, 5.74) is 1.36. The van der Waals surface area contributed by atoms with Gasteiger partial charge in [-0.25, -0.2) is 9.37 Å². The van der Waals surface area contributed by atoms with Gasteiger partial charge in [0.15, 0.2) is 0 Å². The van der Waals surface area contributed by atoms with E-state index < -0.39 is 11.7 Å². The van der Waals surface area contributed by atoms with Crippen molar-refractivity contribution in [2.24, 2.45) is 0 Å². The molecular weight excluding hydrogens is 373 g/mol. The highest BCUT2D eigenvalue weighted by Gasteiger charge is 2.09. The Morgan fingerprint density at radius 2 is 1.88 bits per heavy atom. The molecule has 0 unspecified atom stereocenters. The van der Waals surface area contributed by atoms with E-state index in [2.05, 4.69) is 31.5 Å². The van der Waals surface area contributed by atoms with Crippen LogP contribution < -0.4 is 10.6 Å². The molecule has 24 heavy (non-hydrogen) atoms. The molecule has 4 nitrogen and oxygen atoms in total. The number of hydrogen-bond donors (Lipinski definition) is 2. The van der Waals surface area contributed by atoms with Gasteiger partial charge in [-0.3, -0.25) is 4.79 Å². The third-order valence-electron chi connectivity index (χ3n) is 3.24. The highest BCUT2D eigenvalue weighted by Crippen LogP contribution is 2.20. The lowest BCUT2D eigenvalue weighted by molar-refractivity contribution is 0.102. The lowest BCUT2D eigenvalue weighted by Gasteiger charge is -2.08. The van der Waals surface area contributed by atoms with Crippen LogP contribution in [0.4, 0.5) is 21.6 Å². The van der Waals surface area contributed by atoms with E-state index in [0.29, 0.717) is 11.4 Å². The van der Waals surface area contributed by atoms with Crippen LogP contribution in [0.25, 0.3) is 0 Å². The Labute approximate surface area is 146 Å². The summed E-state index contributed by atoms with van der Waals surface area (Å²) in [4.78, 5) is 16.3. The Morgan fingerprint density at radius 3 is 2.58 bits per heavy atom. The minimum absolute atomic E-state index is 0.138. The lowest BCUT2D eigenvalue weighted by Crippen LogP contribution is -2.13. The van der Waals surface area contributed by atoms with Gasteiger partial charge < -0.3 is 10.6 Å². The largest absolute Gasteiger partial charge is 0.340 e. The second-order valence-electron chi connectivity index (χ2n) is 5.00. The van der Waals surface area contributed by atoms with Gasteiger partial charge in [0.1, 0.15) is 11.6 Å². The molecule has 0 fully saturated rings. The minimum atomic E-state index is -0.480. The molecule has 0 bridgehead atoms. The van der Waals surface area contributed by atoms with E-state index in [0.717, 1.165) is 10.2 Å². The van der Waals surface area contributed by atoms with E-state index in [1.165, 1.54) is 18.3 Å². The molecular formula is C18H13BrFN3O. The Bertz CT molecular complexity index is 868. The van der Waals surface area contributed by atoms with E-state index in [1.54, 1.807) is 24.3 Å². The molecule has 0 aliphatic carbocycles. The molecule has 3 aromatic rings. The van der Waals surface area contributed by atoms with Crippen molar-refractivity contribution >= 4 is 39.0 Å². The number of nitrogens with zero attached hydrogens (tertiary/aromatic N) is 1. The van der Waals surface area contributed by atoms with Crippen LogP contribution in [0.1, 0.15) is 10.4 Å². The zero-order chi connectivity index (χ0) is 16.9. The Kier molecular flexibility index (Phi) is 4.86. The van der Waals surface area contributed by atoms with Gasteiger partial charge >= 0.3 is 0 Å². The van der Waals surface area contributed by atoms with Crippen LogP contribution in [-0.4, -0.2) is 10.9 Å². The summed E-state index contributed by atoms with van der Waals surface area (Å²) in [6, 6.07) is 17.0. The zero-order valence-corrected chi connectivity index (χ0v) is 14.0. The fourth-order valence-electron chi connectivity index (χ4n) is 2.07. The number of anilines is 3. The molecule has 1 aromatic heterocycles. The van der Waals surface area contributed by atoms with E-state index in [-0.39, 0.29) is 5.69 Å². The number of amides is 1. The first kappa shape index (κ1) is 16.1. The highest BCUT2D eigenvalue weighted by atomic mass is 79.9. The molecule has 2 N–H and O–H groups in total. The number of pyridine rings is 1. The predicted octanol–water partition coefficient (Wildman–Crippen LogP) is 4.98. The van der Waals surface area contributed by atoms with E-state index in [1.807, 2.05) is 24.3 Å². The fourth-order valence-corrected chi connectivity index (χ4v) is 2.47. The van der Waals surface area contributed by atoms with Gasteiger partial charge in [-0.2, -0.15) is 0 Å². The normalized spacial score (nSPS) is 10.2. The summed E-state index contributed by atoms with van der Waals surface area (Å²) < 4.78 is 14.5. The van der Waals surface area contributed by atoms with Crippen molar-refractivity contribution in [2.75, 3.05) is 10.6 Å². The van der Waals surface area contributed by atoms with Crippen molar-refractivity contribution in [2.45, 2.75) is 0 Å². The van der Waals surface area contributed by atoms with Crippen LogP contribution >= 0.6 is 15.9 Å². The average Bonchev–Trinajstić information content (AvgIpc) is 2.57. The number of carbonyl (C=O) groups excluding carboxylic acids is 1. The van der Waals surface area contributed by atoms with Crippen molar-refractivity contribution in [1.29, 1.82) is 0 Å². The van der Waals surface area contributed by atoms with Crippen molar-refractivity contribution in [3.63, 3.8) is 0 Å². The summed E-state index contributed by atoms with van der Waals surface area (Å²) in [5.74, 6) is -0.288. The number of rotatable bonds is 4. The molecule has 3 rings (SSSR count). The predicted molar refractivity (Wildman–Crippen MR) is 96.0 cm³/mol. The SMILES string of the molecule is O=C(Nc1ccccc1F)c1ccc(Nc2cccc(Br)c2)nc1. The topological polar surface area (TPSA) is 54.0 Å². The molecule has 0 spiro atoms. The lowest BCUT2D eigenvalue weighted by atomic mass is 10.2. The number of carbonyl (C=O) groups is 1. The summed E-state index contributed by atoms with van der Waals surface area (Å²) in [6.45, 7) is 0. The molecule has 0 radical (unpaired) electrons. The summed E-state index contributed by atoms with van der Waals surface area (Å²) >= 11 is 3.40. The van der Waals surface area contributed by atoms with Gasteiger partial charge in [0.25, 0.3) is 5.91 Å². The maximum Gasteiger partial charge on any atom is 0.257 e. The second-order valence-corrected chi connectivity index (χ2v) is 5.92. The number of nitrogens with one attached hydrogen (secondary N) is 2. The molecule has 0 saturated heterocycles. The molecule has 1 heterocycles. The number of aromatic nitrogens is 1. The van der Waals surface area contributed by atoms with Crippen molar-refractivity contribution < 1.29 is 9.18 Å². The molecule has 0 aliphatic heterocycles. The van der Waals surface area contributed by atoms with E-state index in [9.17, 15) is 9.18 Å². The van der Waals surface area contributed by atoms with Gasteiger partial charge in [0.2, 0.25) is 0 Å². The molecule has 2 aromatic carbocycles. The summed E-state index contributed by atoms with van der Waals surface area (Å²) in [6.07, 6.45) is 1.44. The number of benzene rings is 2. The van der Waals surface area contributed by atoms with Crippen molar-refractivity contribution in [3.8, 4) is 0 Å². The number of hydrogen-bond acceptors (Lipinski definition) is 3. The number of para-hydroxylation sites is 1. The maximum atomic E-state index is 13.6. The van der Waals surface area contributed by atoms with Crippen LogP contribution in [0, 0.1) is 5.82 Å². The molecule has 1 amide bonds. The summed E-state index contributed by atoms with van der Waals surface area (Å²) in [7, 11) is 0. The Hall–Kier alpha value is -2.73. The Balaban J connectivity index is 1.70. The van der Waals surface area contributed by atoms with Gasteiger partial charge in [-0.1, -0.05) is 34.1 Å². The van der Waals surface area contributed by atoms with Gasteiger partial charge in [-0.05, 0) is 42.5 Å². The first-order valence-electron chi connectivity index (χ1n) is 7.16. The fraction of sp³-hybridized carbons (Fsp3) is 0. The van der Waals surface area contributed by atoms with Crippen LogP contribution in [0.5, 0.6) is 0 Å². The first-order valence-corrected chi connectivity index (χ1v) is 7.95. The van der Waals surface area contributed by atoms with Crippen LogP contribution in [0.15, 0.2) is 71.3 Å². The highest BCUT2D eigenvalue weighted by molar-refractivity contribution is 9.10. The van der Waals surface area contributed by atoms with E-state index >= 15 is 0 Å². The van der Waals surface area contributed by atoms with E-state index in [4.69, 9.17) is 0 Å². The quantitative estimate of drug-likeness (QED) is 0.665. The molecule has 6 heteroatoms. The van der Waals surface area contributed by atoms with Crippen LogP contribution in [0.2, 0.25) is 0 Å². The Morgan fingerprint density at radius 1 is 1.04 bits per heavy atom. The van der Waals surface area contributed by atoms with Crippen LogP contribution in [-0.2, 0) is 0 Å². The third-order valence-corrected chi connectivity index (χ3v) is 3.74. The molecule has 0 saturated carbocycles. The molecule has 0 atom stereocenters. The average molecular weight is 386 g/mol. The first-order chi connectivity index (χ1) is 11.6. The monoisotopic (exact) mass is 385 g/mol. The van der Waals surface area contributed by atoms with Crippen molar-refractivity contribution in [3.05, 3.63) is 82.7 Å². The van der Waals surface area contributed by atoms with Gasteiger partial charge in [0, 0.05) is 16.4 Å². The molecule has 120 valence electrons. The standard InChI is InChI=1S/C18H13BrFN3O/c19-13-4-3-5-14(10-13)22-17-9-8-12(11-21-17)18(24)23-16-7-2-1-6-15(16)20/h1-11H,(H,21,22)(H,23,24). The summed E-state index contributed by atoms with van der Waals surface area (Å²) in [5, 5.41) is 5.66. The third kappa shape index (κ3) is 3.97. The zero-order valence-electron chi connectivity index (χ0n) is 12.5.